The molecular formula is C20H18N8O4S. The SMILES string of the molecule is Cc1cc(N2CC(n3cc(CC(N)=O)cn3)C2)nc2c1c(=O)c(C(=O)O)cn2-c1ncns1. The highest BCUT2D eigenvalue weighted by Gasteiger charge is 2.31. The van der Waals surface area contributed by atoms with E-state index in [9.17, 15) is 19.5 Å². The van der Waals surface area contributed by atoms with Crippen LogP contribution in [0.15, 0.2) is 35.8 Å². The monoisotopic (exact) mass is 466 g/mol. The summed E-state index contributed by atoms with van der Waals surface area (Å²) in [6.07, 6.45) is 6.19. The third-order valence-corrected chi connectivity index (χ3v) is 6.19. The molecule has 0 bridgehead atoms. The van der Waals surface area contributed by atoms with Gasteiger partial charge < -0.3 is 15.7 Å². The lowest BCUT2D eigenvalue weighted by molar-refractivity contribution is -0.117. The smallest absolute Gasteiger partial charge is 0.341 e. The van der Waals surface area contributed by atoms with Crippen LogP contribution in [0.1, 0.15) is 27.5 Å². The van der Waals surface area contributed by atoms with Gasteiger partial charge in [0, 0.05) is 37.0 Å². The molecule has 0 spiro atoms. The molecule has 0 atom stereocenters. The highest BCUT2D eigenvalue weighted by Crippen LogP contribution is 2.30. The summed E-state index contributed by atoms with van der Waals surface area (Å²) in [5.41, 5.74) is 6.00. The van der Waals surface area contributed by atoms with Crippen molar-refractivity contribution in [2.24, 2.45) is 5.73 Å². The Morgan fingerprint density at radius 1 is 1.30 bits per heavy atom. The fourth-order valence-electron chi connectivity index (χ4n) is 3.89. The summed E-state index contributed by atoms with van der Waals surface area (Å²) < 4.78 is 7.28. The first kappa shape index (κ1) is 20.8. The van der Waals surface area contributed by atoms with E-state index in [-0.39, 0.29) is 23.4 Å². The Morgan fingerprint density at radius 2 is 2.09 bits per heavy atom. The minimum atomic E-state index is -1.32. The number of aromatic carboxylic acids is 1. The molecule has 1 aliphatic rings. The van der Waals surface area contributed by atoms with Crippen LogP contribution in [0.2, 0.25) is 0 Å². The zero-order chi connectivity index (χ0) is 23.3. The number of nitrogens with zero attached hydrogens (tertiary/aromatic N) is 7. The van der Waals surface area contributed by atoms with Crippen LogP contribution in [-0.4, -0.2) is 58.8 Å². The number of aromatic nitrogens is 6. The van der Waals surface area contributed by atoms with Crippen molar-refractivity contribution in [1.82, 2.24) is 28.7 Å². The number of pyridine rings is 2. The van der Waals surface area contributed by atoms with Gasteiger partial charge in [0.25, 0.3) is 0 Å². The Labute approximate surface area is 190 Å². The van der Waals surface area contributed by atoms with Crippen molar-refractivity contribution >= 4 is 40.3 Å². The molecule has 13 heteroatoms. The van der Waals surface area contributed by atoms with Gasteiger partial charge in [-0.05, 0) is 24.1 Å². The molecule has 1 amide bonds. The molecule has 0 saturated carbocycles. The zero-order valence-corrected chi connectivity index (χ0v) is 18.2. The maximum absolute atomic E-state index is 12.9. The first-order chi connectivity index (χ1) is 15.8. The van der Waals surface area contributed by atoms with Crippen LogP contribution < -0.4 is 16.1 Å². The van der Waals surface area contributed by atoms with E-state index in [1.54, 1.807) is 23.9 Å². The average Bonchev–Trinajstić information content (AvgIpc) is 3.39. The molecular weight excluding hydrogens is 448 g/mol. The average molecular weight is 466 g/mol. The van der Waals surface area contributed by atoms with E-state index in [0.717, 1.165) is 17.1 Å². The number of hydrogen-bond acceptors (Lipinski definition) is 9. The minimum Gasteiger partial charge on any atom is -0.477 e. The molecule has 168 valence electrons. The summed E-state index contributed by atoms with van der Waals surface area (Å²) in [4.78, 5) is 46.5. The Balaban J connectivity index is 1.51. The number of amides is 1. The van der Waals surface area contributed by atoms with Gasteiger partial charge in [0.2, 0.25) is 16.5 Å². The van der Waals surface area contributed by atoms with Crippen LogP contribution in [0.3, 0.4) is 0 Å². The molecule has 33 heavy (non-hydrogen) atoms. The van der Waals surface area contributed by atoms with Crippen molar-refractivity contribution in [3.05, 3.63) is 57.9 Å². The Bertz CT molecular complexity index is 1450. The number of fused-ring (bicyclic) bond motifs is 1. The van der Waals surface area contributed by atoms with Crippen molar-refractivity contribution in [2.75, 3.05) is 18.0 Å². The van der Waals surface area contributed by atoms with Crippen molar-refractivity contribution < 1.29 is 14.7 Å². The quantitative estimate of drug-likeness (QED) is 0.413. The molecule has 0 radical (unpaired) electrons. The number of carboxylic acids is 1. The highest BCUT2D eigenvalue weighted by atomic mass is 32.1. The number of hydrogen-bond donors (Lipinski definition) is 2. The second-order valence-corrected chi connectivity index (χ2v) is 8.56. The highest BCUT2D eigenvalue weighted by molar-refractivity contribution is 7.08. The number of nitrogens with two attached hydrogens (primary N) is 1. The van der Waals surface area contributed by atoms with Crippen LogP contribution in [0.4, 0.5) is 5.82 Å². The molecule has 1 fully saturated rings. The maximum atomic E-state index is 12.9. The molecule has 0 aromatic carbocycles. The lowest BCUT2D eigenvalue weighted by atomic mass is 10.1. The molecule has 5 heterocycles. The lowest BCUT2D eigenvalue weighted by Crippen LogP contribution is -2.48. The first-order valence-electron chi connectivity index (χ1n) is 9.95. The zero-order valence-electron chi connectivity index (χ0n) is 17.4. The van der Waals surface area contributed by atoms with Crippen molar-refractivity contribution in [2.45, 2.75) is 19.4 Å². The van der Waals surface area contributed by atoms with Gasteiger partial charge in [0.15, 0.2) is 5.65 Å². The van der Waals surface area contributed by atoms with Crippen LogP contribution in [-0.2, 0) is 11.2 Å². The molecule has 1 aliphatic heterocycles. The number of anilines is 1. The van der Waals surface area contributed by atoms with E-state index in [2.05, 4.69) is 14.5 Å². The number of rotatable bonds is 6. The largest absolute Gasteiger partial charge is 0.477 e. The van der Waals surface area contributed by atoms with Crippen molar-refractivity contribution in [3.8, 4) is 5.13 Å². The first-order valence-corrected chi connectivity index (χ1v) is 10.7. The molecule has 4 aromatic rings. The van der Waals surface area contributed by atoms with E-state index in [0.29, 0.717) is 35.2 Å². The molecule has 4 aromatic heterocycles. The van der Waals surface area contributed by atoms with E-state index in [1.807, 2.05) is 11.1 Å². The summed E-state index contributed by atoms with van der Waals surface area (Å²) in [7, 11) is 0. The number of carbonyl (C=O) groups excluding carboxylic acids is 1. The Hall–Kier alpha value is -4.13. The summed E-state index contributed by atoms with van der Waals surface area (Å²) in [6, 6.07) is 1.88. The van der Waals surface area contributed by atoms with Gasteiger partial charge in [0.05, 0.1) is 24.0 Å². The van der Waals surface area contributed by atoms with E-state index in [4.69, 9.17) is 10.7 Å². The predicted octanol–water partition coefficient (Wildman–Crippen LogP) is 0.529. The van der Waals surface area contributed by atoms with Gasteiger partial charge in [-0.3, -0.25) is 18.8 Å². The molecule has 12 nitrogen and oxygen atoms in total. The van der Waals surface area contributed by atoms with Crippen molar-refractivity contribution in [1.29, 1.82) is 0 Å². The summed E-state index contributed by atoms with van der Waals surface area (Å²) >= 11 is 1.07. The van der Waals surface area contributed by atoms with E-state index >= 15 is 0 Å². The van der Waals surface area contributed by atoms with Crippen LogP contribution in [0.5, 0.6) is 0 Å². The summed E-state index contributed by atoms with van der Waals surface area (Å²) in [5, 5.41) is 14.5. The van der Waals surface area contributed by atoms with Gasteiger partial charge in [-0.2, -0.15) is 9.47 Å². The topological polar surface area (TPSA) is 162 Å². The maximum Gasteiger partial charge on any atom is 0.341 e. The predicted molar refractivity (Wildman–Crippen MR) is 119 cm³/mol. The van der Waals surface area contributed by atoms with Gasteiger partial charge in [-0.25, -0.2) is 14.8 Å². The lowest BCUT2D eigenvalue weighted by Gasteiger charge is -2.40. The molecule has 3 N–H and O–H groups in total. The summed E-state index contributed by atoms with van der Waals surface area (Å²) in [5.74, 6) is -1.07. The number of aryl methyl sites for hydroxylation is 1. The van der Waals surface area contributed by atoms with Crippen LogP contribution >= 0.6 is 11.5 Å². The van der Waals surface area contributed by atoms with Crippen LogP contribution in [0, 0.1) is 6.92 Å². The molecule has 1 saturated heterocycles. The second-order valence-electron chi connectivity index (χ2n) is 7.80. The molecule has 0 unspecified atom stereocenters. The number of carbonyl (C=O) groups is 2. The van der Waals surface area contributed by atoms with Gasteiger partial charge in [-0.15, -0.1) is 0 Å². The van der Waals surface area contributed by atoms with Gasteiger partial charge >= 0.3 is 5.97 Å². The third-order valence-electron chi connectivity index (χ3n) is 5.52. The number of primary amides is 1. The standard InChI is InChI=1S/C20H18N8O4S/c1-10-2-15(26-6-12(7-26)28-5-11(4-23-28)3-14(21)29)25-18-16(10)17(30)13(19(31)32)8-27(18)20-22-9-24-33-20/h2,4-5,8-9,12H,3,6-7H2,1H3,(H2,21,29)(H,31,32). The second kappa shape index (κ2) is 7.78. The minimum absolute atomic E-state index is 0.101. The van der Waals surface area contributed by atoms with Gasteiger partial charge in [-0.1, -0.05) is 0 Å². The van der Waals surface area contributed by atoms with Crippen LogP contribution in [0.25, 0.3) is 16.2 Å². The molecule has 5 rings (SSSR count). The summed E-state index contributed by atoms with van der Waals surface area (Å²) in [6.45, 7) is 3.02. The Kier molecular flexibility index (Phi) is 4.89. The Morgan fingerprint density at radius 3 is 2.76 bits per heavy atom. The number of carboxylic acid groups (broad SMARTS) is 1. The normalized spacial score (nSPS) is 13.9. The van der Waals surface area contributed by atoms with Crippen molar-refractivity contribution in [3.63, 3.8) is 0 Å². The fourth-order valence-corrected chi connectivity index (χ4v) is 4.40. The van der Waals surface area contributed by atoms with E-state index in [1.165, 1.54) is 17.1 Å². The van der Waals surface area contributed by atoms with Gasteiger partial charge in [0.1, 0.15) is 17.7 Å². The van der Waals surface area contributed by atoms with E-state index < -0.39 is 17.3 Å². The third kappa shape index (κ3) is 3.61. The fraction of sp³-hybridized carbons (Fsp3) is 0.250. The molecule has 0 aliphatic carbocycles.